The van der Waals surface area contributed by atoms with E-state index in [0.717, 1.165) is 18.8 Å². The van der Waals surface area contributed by atoms with Crippen molar-refractivity contribution in [3.8, 4) is 11.3 Å². The highest BCUT2D eigenvalue weighted by Crippen LogP contribution is 2.34. The third-order valence-electron chi connectivity index (χ3n) is 4.40. The van der Waals surface area contributed by atoms with E-state index in [9.17, 15) is 8.42 Å². The summed E-state index contributed by atoms with van der Waals surface area (Å²) >= 11 is 0. The molecule has 2 aromatic rings. The third-order valence-corrected chi connectivity index (χ3v) is 6.61. The topological polar surface area (TPSA) is 50.5 Å². The Balaban J connectivity index is 2.10. The fourth-order valence-electron chi connectivity index (χ4n) is 2.99. The van der Waals surface area contributed by atoms with Gasteiger partial charge < -0.3 is 9.32 Å². The average Bonchev–Trinajstić information content (AvgIpc) is 3.09. The molecule has 0 bridgehead atoms. The molecule has 5 heteroatoms. The quantitative estimate of drug-likeness (QED) is 0.844. The number of furan rings is 1. The Hall–Kier alpha value is -1.75. The summed E-state index contributed by atoms with van der Waals surface area (Å²) in [6, 6.07) is 9.22. The maximum absolute atomic E-state index is 12.7. The van der Waals surface area contributed by atoms with E-state index in [1.807, 2.05) is 18.2 Å². The van der Waals surface area contributed by atoms with Crippen molar-refractivity contribution in [1.82, 2.24) is 0 Å². The Bertz CT molecular complexity index is 758. The molecule has 124 valence electrons. The van der Waals surface area contributed by atoms with E-state index in [4.69, 9.17) is 4.42 Å². The minimum atomic E-state index is -3.36. The van der Waals surface area contributed by atoms with Gasteiger partial charge in [0.1, 0.15) is 5.76 Å². The smallest absolute Gasteiger partial charge is 0.181 e. The SMILES string of the molecule is CC(C)S(=O)(=O)c1ccc(N2CCCCC2)cc1-c1ccco1. The number of nitrogens with zero attached hydrogens (tertiary/aromatic N) is 1. The van der Waals surface area contributed by atoms with Gasteiger partial charge in [0.2, 0.25) is 0 Å². The Morgan fingerprint density at radius 3 is 2.43 bits per heavy atom. The molecule has 1 aliphatic heterocycles. The molecule has 1 aromatic heterocycles. The Labute approximate surface area is 138 Å². The summed E-state index contributed by atoms with van der Waals surface area (Å²) < 4.78 is 30.9. The lowest BCUT2D eigenvalue weighted by Crippen LogP contribution is -2.29. The van der Waals surface area contributed by atoms with Gasteiger partial charge in [-0.15, -0.1) is 0 Å². The molecule has 0 atom stereocenters. The van der Waals surface area contributed by atoms with Crippen molar-refractivity contribution in [2.24, 2.45) is 0 Å². The van der Waals surface area contributed by atoms with Gasteiger partial charge in [0.05, 0.1) is 16.4 Å². The normalized spacial score (nSPS) is 16.0. The van der Waals surface area contributed by atoms with Gasteiger partial charge in [0.25, 0.3) is 0 Å². The van der Waals surface area contributed by atoms with E-state index in [1.54, 1.807) is 32.2 Å². The van der Waals surface area contributed by atoms with Crippen LogP contribution >= 0.6 is 0 Å². The van der Waals surface area contributed by atoms with E-state index in [1.165, 1.54) is 19.3 Å². The van der Waals surface area contributed by atoms with Gasteiger partial charge >= 0.3 is 0 Å². The molecule has 0 N–H and O–H groups in total. The molecule has 1 fully saturated rings. The summed E-state index contributed by atoms with van der Waals surface area (Å²) in [6.45, 7) is 5.46. The van der Waals surface area contributed by atoms with Crippen molar-refractivity contribution in [3.05, 3.63) is 36.6 Å². The minimum absolute atomic E-state index is 0.350. The van der Waals surface area contributed by atoms with Crippen molar-refractivity contribution in [3.63, 3.8) is 0 Å². The summed E-state index contributed by atoms with van der Waals surface area (Å²) in [5.41, 5.74) is 1.73. The monoisotopic (exact) mass is 333 g/mol. The molecular formula is C18H23NO3S. The number of sulfone groups is 1. The molecule has 23 heavy (non-hydrogen) atoms. The first-order valence-corrected chi connectivity index (χ1v) is 9.71. The molecule has 3 rings (SSSR count). The molecular weight excluding hydrogens is 310 g/mol. The predicted octanol–water partition coefficient (Wildman–Crippen LogP) is 4.12. The summed E-state index contributed by atoms with van der Waals surface area (Å²) in [7, 11) is -3.36. The average molecular weight is 333 g/mol. The minimum Gasteiger partial charge on any atom is -0.464 e. The van der Waals surface area contributed by atoms with Crippen LogP contribution in [0, 0.1) is 0 Å². The summed E-state index contributed by atoms with van der Waals surface area (Å²) in [5.74, 6) is 0.600. The fraction of sp³-hybridized carbons (Fsp3) is 0.444. The van der Waals surface area contributed by atoms with E-state index in [-0.39, 0.29) is 0 Å². The standard InChI is InChI=1S/C18H23NO3S/c1-14(2)23(20,21)18-9-8-15(19-10-4-3-5-11-19)13-16(18)17-7-6-12-22-17/h6-9,12-14H,3-5,10-11H2,1-2H3. The van der Waals surface area contributed by atoms with Crippen molar-refractivity contribution in [2.45, 2.75) is 43.3 Å². The zero-order chi connectivity index (χ0) is 16.4. The summed E-state index contributed by atoms with van der Waals surface area (Å²) in [4.78, 5) is 2.67. The second-order valence-electron chi connectivity index (χ2n) is 6.30. The number of hydrogen-bond acceptors (Lipinski definition) is 4. The highest BCUT2D eigenvalue weighted by Gasteiger charge is 2.25. The third kappa shape index (κ3) is 3.15. The Morgan fingerprint density at radius 2 is 1.83 bits per heavy atom. The zero-order valence-electron chi connectivity index (χ0n) is 13.7. The zero-order valence-corrected chi connectivity index (χ0v) is 14.5. The second kappa shape index (κ2) is 6.40. The van der Waals surface area contributed by atoms with Gasteiger partial charge in [0, 0.05) is 24.3 Å². The summed E-state index contributed by atoms with van der Waals surface area (Å²) in [6.07, 6.45) is 5.21. The molecule has 1 aliphatic rings. The van der Waals surface area contributed by atoms with Crippen LogP contribution in [0.1, 0.15) is 33.1 Å². The predicted molar refractivity (Wildman–Crippen MR) is 92.5 cm³/mol. The van der Waals surface area contributed by atoms with Crippen LogP contribution in [0.15, 0.2) is 45.9 Å². The highest BCUT2D eigenvalue weighted by atomic mass is 32.2. The van der Waals surface area contributed by atoms with Crippen LogP contribution in [0.25, 0.3) is 11.3 Å². The molecule has 4 nitrogen and oxygen atoms in total. The van der Waals surface area contributed by atoms with Gasteiger partial charge in [0.15, 0.2) is 9.84 Å². The van der Waals surface area contributed by atoms with Crippen LogP contribution in [-0.4, -0.2) is 26.8 Å². The van der Waals surface area contributed by atoms with Gasteiger partial charge in [-0.1, -0.05) is 0 Å². The Morgan fingerprint density at radius 1 is 1.09 bits per heavy atom. The molecule has 1 saturated heterocycles. The van der Waals surface area contributed by atoms with Gasteiger partial charge in [-0.25, -0.2) is 8.42 Å². The molecule has 0 spiro atoms. The lowest BCUT2D eigenvalue weighted by molar-refractivity contribution is 0.572. The number of benzene rings is 1. The second-order valence-corrected chi connectivity index (χ2v) is 8.77. The lowest BCUT2D eigenvalue weighted by atomic mass is 10.1. The number of anilines is 1. The maximum Gasteiger partial charge on any atom is 0.181 e. The molecule has 0 saturated carbocycles. The highest BCUT2D eigenvalue weighted by molar-refractivity contribution is 7.92. The maximum atomic E-state index is 12.7. The van der Waals surface area contributed by atoms with E-state index in [2.05, 4.69) is 4.90 Å². The van der Waals surface area contributed by atoms with Crippen LogP contribution in [0.2, 0.25) is 0 Å². The van der Waals surface area contributed by atoms with Crippen LogP contribution in [0.5, 0.6) is 0 Å². The first-order valence-electron chi connectivity index (χ1n) is 8.17. The van der Waals surface area contributed by atoms with E-state index in [0.29, 0.717) is 16.2 Å². The summed E-state index contributed by atoms with van der Waals surface area (Å²) in [5, 5.41) is -0.461. The van der Waals surface area contributed by atoms with Crippen LogP contribution in [0.3, 0.4) is 0 Å². The van der Waals surface area contributed by atoms with E-state index < -0.39 is 15.1 Å². The van der Waals surface area contributed by atoms with Gasteiger partial charge in [-0.2, -0.15) is 0 Å². The van der Waals surface area contributed by atoms with Crippen LogP contribution in [0.4, 0.5) is 5.69 Å². The first-order chi connectivity index (χ1) is 11.0. The molecule has 1 aromatic carbocycles. The van der Waals surface area contributed by atoms with Crippen LogP contribution < -0.4 is 4.90 Å². The first kappa shape index (κ1) is 16.1. The molecule has 2 heterocycles. The molecule has 0 unspecified atom stereocenters. The van der Waals surface area contributed by atoms with E-state index >= 15 is 0 Å². The largest absolute Gasteiger partial charge is 0.464 e. The van der Waals surface area contributed by atoms with Crippen molar-refractivity contribution >= 4 is 15.5 Å². The lowest BCUT2D eigenvalue weighted by Gasteiger charge is -2.29. The Kier molecular flexibility index (Phi) is 4.48. The number of hydrogen-bond donors (Lipinski definition) is 0. The fourth-order valence-corrected chi connectivity index (χ4v) is 4.22. The molecule has 0 radical (unpaired) electrons. The number of rotatable bonds is 4. The van der Waals surface area contributed by atoms with Crippen LogP contribution in [-0.2, 0) is 9.84 Å². The van der Waals surface area contributed by atoms with Crippen molar-refractivity contribution < 1.29 is 12.8 Å². The number of piperidine rings is 1. The van der Waals surface area contributed by atoms with Gasteiger partial charge in [-0.05, 0) is 63.4 Å². The van der Waals surface area contributed by atoms with Gasteiger partial charge in [-0.3, -0.25) is 0 Å². The molecule has 0 aliphatic carbocycles. The van der Waals surface area contributed by atoms with Crippen molar-refractivity contribution in [1.29, 1.82) is 0 Å². The molecule has 0 amide bonds. The van der Waals surface area contributed by atoms with Crippen molar-refractivity contribution in [2.75, 3.05) is 18.0 Å².